The Labute approximate surface area is 161 Å². The topological polar surface area (TPSA) is 64.4 Å². The van der Waals surface area contributed by atoms with Crippen molar-refractivity contribution in [2.45, 2.75) is 37.9 Å². The third kappa shape index (κ3) is 4.20. The quantitative estimate of drug-likeness (QED) is 0.821. The zero-order valence-electron chi connectivity index (χ0n) is 15.6. The van der Waals surface area contributed by atoms with Gasteiger partial charge < -0.3 is 15.8 Å². The molecule has 0 aliphatic carbocycles. The Bertz CT molecular complexity index is 842. The van der Waals surface area contributed by atoms with Gasteiger partial charge in [-0.2, -0.15) is 13.2 Å². The minimum absolute atomic E-state index is 0.0518. The van der Waals surface area contributed by atoms with Crippen LogP contribution in [-0.2, 0) is 27.7 Å². The second-order valence-corrected chi connectivity index (χ2v) is 7.14. The second kappa shape index (κ2) is 7.93. The zero-order valence-corrected chi connectivity index (χ0v) is 15.6. The van der Waals surface area contributed by atoms with Crippen molar-refractivity contribution in [2.75, 3.05) is 18.5 Å². The van der Waals surface area contributed by atoms with Crippen molar-refractivity contribution in [3.8, 4) is 0 Å². The van der Waals surface area contributed by atoms with Gasteiger partial charge in [-0.05, 0) is 49.1 Å². The van der Waals surface area contributed by atoms with Gasteiger partial charge in [0.1, 0.15) is 0 Å². The average Bonchev–Trinajstić information content (AvgIpc) is 2.68. The fraction of sp³-hybridized carbons (Fsp3) is 0.381. The zero-order chi connectivity index (χ0) is 20.4. The highest BCUT2D eigenvalue weighted by atomic mass is 19.4. The standard InChI is InChI=1S/C21H23F3N2O2/c1-14-2-4-16(5-3-14)20(6-8-28-9-7-20)19(27)26-18-11-15(13-25)10-17(12-18)21(22,23)24/h2-5,10-12H,6-9,13,25H2,1H3,(H,26,27). The van der Waals surface area contributed by atoms with Crippen LogP contribution in [0, 0.1) is 6.92 Å². The number of hydrogen-bond acceptors (Lipinski definition) is 3. The molecule has 0 unspecified atom stereocenters. The van der Waals surface area contributed by atoms with Crippen LogP contribution in [0.15, 0.2) is 42.5 Å². The van der Waals surface area contributed by atoms with Crippen LogP contribution in [0.25, 0.3) is 0 Å². The first-order valence-electron chi connectivity index (χ1n) is 9.12. The lowest BCUT2D eigenvalue weighted by atomic mass is 9.73. The Morgan fingerprint density at radius 2 is 1.79 bits per heavy atom. The number of alkyl halides is 3. The first-order chi connectivity index (χ1) is 13.2. The summed E-state index contributed by atoms with van der Waals surface area (Å²) in [6, 6.07) is 11.1. The SMILES string of the molecule is Cc1ccc(C2(C(=O)Nc3cc(CN)cc(C(F)(F)F)c3)CCOCC2)cc1. The van der Waals surface area contributed by atoms with Crippen molar-refractivity contribution in [3.63, 3.8) is 0 Å². The third-order valence-electron chi connectivity index (χ3n) is 5.20. The molecule has 2 aromatic carbocycles. The molecular weight excluding hydrogens is 369 g/mol. The van der Waals surface area contributed by atoms with Gasteiger partial charge in [-0.15, -0.1) is 0 Å². The number of ether oxygens (including phenoxy) is 1. The summed E-state index contributed by atoms with van der Waals surface area (Å²) in [5.41, 5.74) is 6.17. The lowest BCUT2D eigenvalue weighted by molar-refractivity contribution is -0.137. The van der Waals surface area contributed by atoms with Gasteiger partial charge in [0.15, 0.2) is 0 Å². The summed E-state index contributed by atoms with van der Waals surface area (Å²) >= 11 is 0. The highest BCUT2D eigenvalue weighted by Crippen LogP contribution is 2.37. The van der Waals surface area contributed by atoms with E-state index in [1.165, 1.54) is 6.07 Å². The molecular formula is C21H23F3N2O2. The maximum Gasteiger partial charge on any atom is 0.416 e. The predicted molar refractivity (Wildman–Crippen MR) is 101 cm³/mol. The van der Waals surface area contributed by atoms with Crippen LogP contribution < -0.4 is 11.1 Å². The van der Waals surface area contributed by atoms with E-state index in [0.717, 1.165) is 23.3 Å². The Balaban J connectivity index is 1.96. The number of rotatable bonds is 4. The van der Waals surface area contributed by atoms with Gasteiger partial charge in [-0.25, -0.2) is 0 Å². The molecule has 0 bridgehead atoms. The van der Waals surface area contributed by atoms with E-state index in [1.807, 2.05) is 31.2 Å². The van der Waals surface area contributed by atoms with Crippen LogP contribution in [-0.4, -0.2) is 19.1 Å². The van der Waals surface area contributed by atoms with Gasteiger partial charge in [0, 0.05) is 25.4 Å². The number of carbonyl (C=O) groups excluding carboxylic acids is 1. The number of aryl methyl sites for hydroxylation is 1. The summed E-state index contributed by atoms with van der Waals surface area (Å²) in [6.45, 7) is 2.73. The summed E-state index contributed by atoms with van der Waals surface area (Å²) in [7, 11) is 0. The molecule has 150 valence electrons. The molecule has 4 nitrogen and oxygen atoms in total. The first-order valence-corrected chi connectivity index (χ1v) is 9.12. The Kier molecular flexibility index (Phi) is 5.76. The normalized spacial score (nSPS) is 16.6. The molecule has 3 rings (SSSR count). The molecule has 0 spiro atoms. The smallest absolute Gasteiger partial charge is 0.381 e. The van der Waals surface area contributed by atoms with Crippen molar-refractivity contribution >= 4 is 11.6 Å². The van der Waals surface area contributed by atoms with E-state index < -0.39 is 17.2 Å². The van der Waals surface area contributed by atoms with Crippen molar-refractivity contribution in [1.29, 1.82) is 0 Å². The average molecular weight is 392 g/mol. The highest BCUT2D eigenvalue weighted by Gasteiger charge is 2.42. The van der Waals surface area contributed by atoms with Crippen LogP contribution in [0.1, 0.15) is 35.1 Å². The maximum absolute atomic E-state index is 13.3. The van der Waals surface area contributed by atoms with Crippen LogP contribution in [0.4, 0.5) is 18.9 Å². The molecule has 3 N–H and O–H groups in total. The molecule has 1 fully saturated rings. The van der Waals surface area contributed by atoms with E-state index >= 15 is 0 Å². The number of carbonyl (C=O) groups is 1. The molecule has 0 saturated carbocycles. The second-order valence-electron chi connectivity index (χ2n) is 7.14. The molecule has 0 aromatic heterocycles. The summed E-state index contributed by atoms with van der Waals surface area (Å²) in [5, 5.41) is 2.70. The molecule has 1 aliphatic heterocycles. The van der Waals surface area contributed by atoms with E-state index in [1.54, 1.807) is 0 Å². The van der Waals surface area contributed by atoms with Gasteiger partial charge >= 0.3 is 6.18 Å². The van der Waals surface area contributed by atoms with Crippen molar-refractivity contribution < 1.29 is 22.7 Å². The molecule has 7 heteroatoms. The Morgan fingerprint density at radius 1 is 1.14 bits per heavy atom. The predicted octanol–water partition coefficient (Wildman–Crippen LogP) is 4.16. The number of nitrogens with one attached hydrogen (secondary N) is 1. The molecule has 1 heterocycles. The summed E-state index contributed by atoms with van der Waals surface area (Å²) < 4.78 is 45.0. The molecule has 1 aliphatic rings. The molecule has 1 saturated heterocycles. The largest absolute Gasteiger partial charge is 0.416 e. The summed E-state index contributed by atoms with van der Waals surface area (Å²) in [6.07, 6.45) is -3.59. The lowest BCUT2D eigenvalue weighted by Crippen LogP contribution is -2.44. The summed E-state index contributed by atoms with van der Waals surface area (Å²) in [5.74, 6) is -0.332. The van der Waals surface area contributed by atoms with Crippen LogP contribution in [0.3, 0.4) is 0 Å². The maximum atomic E-state index is 13.3. The van der Waals surface area contributed by atoms with E-state index in [0.29, 0.717) is 31.6 Å². The van der Waals surface area contributed by atoms with Crippen molar-refractivity contribution in [1.82, 2.24) is 0 Å². The molecule has 2 aromatic rings. The minimum atomic E-state index is -4.52. The highest BCUT2D eigenvalue weighted by molar-refractivity contribution is 5.99. The van der Waals surface area contributed by atoms with E-state index in [-0.39, 0.29) is 18.1 Å². The number of amides is 1. The lowest BCUT2D eigenvalue weighted by Gasteiger charge is -2.36. The molecule has 1 amide bonds. The molecule has 0 atom stereocenters. The number of halogens is 3. The van der Waals surface area contributed by atoms with Gasteiger partial charge in [-0.3, -0.25) is 4.79 Å². The van der Waals surface area contributed by atoms with Crippen molar-refractivity contribution in [3.05, 3.63) is 64.7 Å². The Morgan fingerprint density at radius 3 is 2.36 bits per heavy atom. The van der Waals surface area contributed by atoms with Crippen molar-refractivity contribution in [2.24, 2.45) is 5.73 Å². The number of anilines is 1. The van der Waals surface area contributed by atoms with Gasteiger partial charge in [0.05, 0.1) is 11.0 Å². The molecule has 28 heavy (non-hydrogen) atoms. The molecule has 0 radical (unpaired) electrons. The van der Waals surface area contributed by atoms with E-state index in [9.17, 15) is 18.0 Å². The Hall–Kier alpha value is -2.38. The number of nitrogens with two attached hydrogens (primary N) is 1. The number of hydrogen-bond donors (Lipinski definition) is 2. The minimum Gasteiger partial charge on any atom is -0.381 e. The fourth-order valence-corrected chi connectivity index (χ4v) is 3.54. The van der Waals surface area contributed by atoms with Crippen LogP contribution >= 0.6 is 0 Å². The number of benzene rings is 2. The van der Waals surface area contributed by atoms with Gasteiger partial charge in [0.25, 0.3) is 0 Å². The van der Waals surface area contributed by atoms with Crippen LogP contribution in [0.5, 0.6) is 0 Å². The fourth-order valence-electron chi connectivity index (χ4n) is 3.54. The van der Waals surface area contributed by atoms with Crippen LogP contribution in [0.2, 0.25) is 0 Å². The van der Waals surface area contributed by atoms with Gasteiger partial charge in [-0.1, -0.05) is 29.8 Å². The summed E-state index contributed by atoms with van der Waals surface area (Å²) in [4.78, 5) is 13.3. The monoisotopic (exact) mass is 392 g/mol. The van der Waals surface area contributed by atoms with E-state index in [4.69, 9.17) is 10.5 Å². The van der Waals surface area contributed by atoms with E-state index in [2.05, 4.69) is 5.32 Å². The first kappa shape index (κ1) is 20.4. The third-order valence-corrected chi connectivity index (χ3v) is 5.20. The van der Waals surface area contributed by atoms with Gasteiger partial charge in [0.2, 0.25) is 5.91 Å².